The largest absolute Gasteiger partial charge is 0.493 e. The van der Waals surface area contributed by atoms with Crippen molar-refractivity contribution in [3.8, 4) is 5.75 Å². The van der Waals surface area contributed by atoms with E-state index in [0.717, 1.165) is 24.3 Å². The first-order valence-electron chi connectivity index (χ1n) is 7.42. The van der Waals surface area contributed by atoms with Crippen molar-refractivity contribution in [3.63, 3.8) is 0 Å². The van der Waals surface area contributed by atoms with Crippen molar-refractivity contribution in [2.75, 3.05) is 19.8 Å². The summed E-state index contributed by atoms with van der Waals surface area (Å²) in [5.74, 6) is 0.341. The Balaban J connectivity index is 2.38. The molecule has 0 atom stereocenters. The molecule has 0 amide bonds. The maximum absolute atomic E-state index is 5.88. The lowest BCUT2D eigenvalue weighted by atomic mass is 9.84. The van der Waals surface area contributed by atoms with Crippen LogP contribution < -0.4 is 4.74 Å². The lowest BCUT2D eigenvalue weighted by molar-refractivity contribution is -0.149. The quantitative estimate of drug-likeness (QED) is 0.833. The minimum atomic E-state index is -0.622. The van der Waals surface area contributed by atoms with Crippen LogP contribution in [0.3, 0.4) is 0 Å². The molecule has 0 radical (unpaired) electrons. The summed E-state index contributed by atoms with van der Waals surface area (Å²) < 4.78 is 17.4. The van der Waals surface area contributed by atoms with Crippen LogP contribution in [0.4, 0.5) is 0 Å². The predicted molar refractivity (Wildman–Crippen MR) is 80.2 cm³/mol. The van der Waals surface area contributed by atoms with Gasteiger partial charge < -0.3 is 14.2 Å². The van der Waals surface area contributed by atoms with Crippen LogP contribution in [-0.2, 0) is 20.7 Å². The summed E-state index contributed by atoms with van der Waals surface area (Å²) in [6.45, 7) is 12.7. The first-order valence-corrected chi connectivity index (χ1v) is 7.42. The zero-order valence-corrected chi connectivity index (χ0v) is 13.3. The normalized spacial score (nSPS) is 18.2. The smallest absolute Gasteiger partial charge is 0.192 e. The standard InChI is InChI=1S/C17H26O3/c1-6-9-18-15-8-7-13(12-14(15)16(2,3)4)17(5)19-10-11-20-17/h7-8,12H,6,9-11H2,1-5H3. The second-order valence-electron chi connectivity index (χ2n) is 6.45. The van der Waals surface area contributed by atoms with Gasteiger partial charge in [0.15, 0.2) is 5.79 Å². The number of benzene rings is 1. The molecule has 0 saturated carbocycles. The van der Waals surface area contributed by atoms with Gasteiger partial charge in [-0.25, -0.2) is 0 Å². The van der Waals surface area contributed by atoms with Crippen molar-refractivity contribution in [1.82, 2.24) is 0 Å². The van der Waals surface area contributed by atoms with E-state index in [1.165, 1.54) is 5.56 Å². The van der Waals surface area contributed by atoms with E-state index in [1.807, 2.05) is 19.1 Å². The molecule has 1 aromatic carbocycles. The van der Waals surface area contributed by atoms with Crippen LogP contribution in [0.2, 0.25) is 0 Å². The average Bonchev–Trinajstić information content (AvgIpc) is 2.83. The van der Waals surface area contributed by atoms with Crippen LogP contribution >= 0.6 is 0 Å². The van der Waals surface area contributed by atoms with Crippen molar-refractivity contribution in [2.24, 2.45) is 0 Å². The van der Waals surface area contributed by atoms with Crippen LogP contribution in [0.5, 0.6) is 5.75 Å². The van der Waals surface area contributed by atoms with Crippen LogP contribution in [0.1, 0.15) is 52.2 Å². The van der Waals surface area contributed by atoms with Gasteiger partial charge in [0, 0.05) is 5.56 Å². The minimum Gasteiger partial charge on any atom is -0.493 e. The Kier molecular flexibility index (Phi) is 4.40. The molecule has 0 spiro atoms. The Labute approximate surface area is 122 Å². The van der Waals surface area contributed by atoms with E-state index in [0.29, 0.717) is 13.2 Å². The maximum Gasteiger partial charge on any atom is 0.192 e. The maximum atomic E-state index is 5.88. The zero-order valence-electron chi connectivity index (χ0n) is 13.3. The molecular formula is C17H26O3. The first-order chi connectivity index (χ1) is 9.37. The second-order valence-corrected chi connectivity index (χ2v) is 6.45. The highest BCUT2D eigenvalue weighted by Gasteiger charge is 2.34. The molecular weight excluding hydrogens is 252 g/mol. The summed E-state index contributed by atoms with van der Waals surface area (Å²) in [6.07, 6.45) is 1.01. The molecule has 1 fully saturated rings. The van der Waals surface area contributed by atoms with Gasteiger partial charge in [-0.15, -0.1) is 0 Å². The van der Waals surface area contributed by atoms with Gasteiger partial charge in [0.25, 0.3) is 0 Å². The molecule has 1 aliphatic rings. The van der Waals surface area contributed by atoms with Crippen molar-refractivity contribution in [2.45, 2.75) is 52.2 Å². The van der Waals surface area contributed by atoms with Crippen LogP contribution in [0.25, 0.3) is 0 Å². The van der Waals surface area contributed by atoms with Crippen LogP contribution in [0, 0.1) is 0 Å². The van der Waals surface area contributed by atoms with E-state index in [9.17, 15) is 0 Å². The second kappa shape index (κ2) is 5.74. The van der Waals surface area contributed by atoms with Crippen molar-refractivity contribution in [1.29, 1.82) is 0 Å². The summed E-state index contributed by atoms with van der Waals surface area (Å²) >= 11 is 0. The van der Waals surface area contributed by atoms with Gasteiger partial charge in [-0.2, -0.15) is 0 Å². The third kappa shape index (κ3) is 3.15. The SMILES string of the molecule is CCCOc1ccc(C2(C)OCCO2)cc1C(C)(C)C. The molecule has 1 saturated heterocycles. The molecule has 0 N–H and O–H groups in total. The molecule has 3 heteroatoms. The lowest BCUT2D eigenvalue weighted by Crippen LogP contribution is -2.24. The topological polar surface area (TPSA) is 27.7 Å². The molecule has 0 unspecified atom stereocenters. The Hall–Kier alpha value is -1.06. The first kappa shape index (κ1) is 15.3. The Morgan fingerprint density at radius 1 is 1.20 bits per heavy atom. The molecule has 0 aliphatic carbocycles. The molecule has 112 valence electrons. The van der Waals surface area contributed by atoms with Crippen LogP contribution in [0.15, 0.2) is 18.2 Å². The molecule has 3 nitrogen and oxygen atoms in total. The highest BCUT2D eigenvalue weighted by Crippen LogP contribution is 2.38. The molecule has 1 heterocycles. The van der Waals surface area contributed by atoms with Crippen molar-refractivity contribution >= 4 is 0 Å². The molecule has 1 aliphatic heterocycles. The fourth-order valence-corrected chi connectivity index (χ4v) is 2.42. The fourth-order valence-electron chi connectivity index (χ4n) is 2.42. The highest BCUT2D eigenvalue weighted by atomic mass is 16.7. The number of hydrogen-bond donors (Lipinski definition) is 0. The number of ether oxygens (including phenoxy) is 3. The van der Waals surface area contributed by atoms with E-state index in [-0.39, 0.29) is 5.41 Å². The van der Waals surface area contributed by atoms with E-state index in [2.05, 4.69) is 33.8 Å². The summed E-state index contributed by atoms with van der Waals surface area (Å²) in [5.41, 5.74) is 2.28. The number of rotatable bonds is 4. The molecule has 20 heavy (non-hydrogen) atoms. The predicted octanol–water partition coefficient (Wildman–Crippen LogP) is 3.99. The summed E-state index contributed by atoms with van der Waals surface area (Å²) in [4.78, 5) is 0. The third-order valence-electron chi connectivity index (χ3n) is 3.61. The number of hydrogen-bond acceptors (Lipinski definition) is 3. The van der Waals surface area contributed by atoms with Crippen LogP contribution in [-0.4, -0.2) is 19.8 Å². The van der Waals surface area contributed by atoms with E-state index < -0.39 is 5.79 Å². The van der Waals surface area contributed by atoms with Gasteiger partial charge in [0.05, 0.1) is 19.8 Å². The third-order valence-corrected chi connectivity index (χ3v) is 3.61. The molecule has 2 rings (SSSR count). The van der Waals surface area contributed by atoms with Gasteiger partial charge in [-0.05, 0) is 42.5 Å². The van der Waals surface area contributed by atoms with Gasteiger partial charge in [-0.1, -0.05) is 27.7 Å². The van der Waals surface area contributed by atoms with Gasteiger partial charge in [0.2, 0.25) is 0 Å². The van der Waals surface area contributed by atoms with E-state index in [1.54, 1.807) is 0 Å². The molecule has 1 aromatic rings. The van der Waals surface area contributed by atoms with Gasteiger partial charge >= 0.3 is 0 Å². The monoisotopic (exact) mass is 278 g/mol. The highest BCUT2D eigenvalue weighted by molar-refractivity contribution is 5.43. The van der Waals surface area contributed by atoms with E-state index in [4.69, 9.17) is 14.2 Å². The van der Waals surface area contributed by atoms with Gasteiger partial charge in [0.1, 0.15) is 5.75 Å². The molecule has 0 bridgehead atoms. The summed E-state index contributed by atoms with van der Waals surface area (Å²) in [5, 5.41) is 0. The molecule has 0 aromatic heterocycles. The zero-order chi connectivity index (χ0) is 14.8. The summed E-state index contributed by atoms with van der Waals surface area (Å²) in [7, 11) is 0. The van der Waals surface area contributed by atoms with Gasteiger partial charge in [-0.3, -0.25) is 0 Å². The minimum absolute atomic E-state index is 0.0219. The Morgan fingerprint density at radius 3 is 2.40 bits per heavy atom. The Morgan fingerprint density at radius 2 is 1.85 bits per heavy atom. The lowest BCUT2D eigenvalue weighted by Gasteiger charge is -2.28. The Bertz CT molecular complexity index is 454. The summed E-state index contributed by atoms with van der Waals surface area (Å²) in [6, 6.07) is 6.25. The average molecular weight is 278 g/mol. The van der Waals surface area contributed by atoms with E-state index >= 15 is 0 Å². The van der Waals surface area contributed by atoms with Crippen molar-refractivity contribution in [3.05, 3.63) is 29.3 Å². The fraction of sp³-hybridized carbons (Fsp3) is 0.647. The van der Waals surface area contributed by atoms with Crippen molar-refractivity contribution < 1.29 is 14.2 Å².